The van der Waals surface area contributed by atoms with Crippen molar-refractivity contribution in [3.05, 3.63) is 35.6 Å². The van der Waals surface area contributed by atoms with E-state index in [-0.39, 0.29) is 54.0 Å². The Morgan fingerprint density at radius 1 is 1.29 bits per heavy atom. The van der Waals surface area contributed by atoms with E-state index >= 15 is 0 Å². The number of guanidine groups is 1. The van der Waals surface area contributed by atoms with Gasteiger partial charge in [-0.1, -0.05) is 19.1 Å². The van der Waals surface area contributed by atoms with Gasteiger partial charge in [0.1, 0.15) is 11.9 Å². The highest BCUT2D eigenvalue weighted by molar-refractivity contribution is 14.0. The Kier molecular flexibility index (Phi) is 10.5. The van der Waals surface area contributed by atoms with Crippen molar-refractivity contribution in [2.45, 2.75) is 64.7 Å². The number of amides is 1. The molecule has 0 saturated carbocycles. The minimum absolute atomic E-state index is 0. The van der Waals surface area contributed by atoms with Gasteiger partial charge in [-0.25, -0.2) is 4.39 Å². The van der Waals surface area contributed by atoms with Gasteiger partial charge in [0.2, 0.25) is 5.91 Å². The number of nitrogens with one attached hydrogen (secondary N) is 1. The second-order valence-electron chi connectivity index (χ2n) is 8.17. The van der Waals surface area contributed by atoms with Crippen molar-refractivity contribution < 1.29 is 13.9 Å². The van der Waals surface area contributed by atoms with E-state index in [9.17, 15) is 9.18 Å². The Labute approximate surface area is 202 Å². The van der Waals surface area contributed by atoms with Gasteiger partial charge in [0.25, 0.3) is 0 Å². The quantitative estimate of drug-likeness (QED) is 0.320. The Balaban J connectivity index is 0.00000341. The molecule has 1 aromatic carbocycles. The maximum atomic E-state index is 13.3. The zero-order valence-electron chi connectivity index (χ0n) is 18.8. The van der Waals surface area contributed by atoms with Crippen molar-refractivity contribution in [3.63, 3.8) is 0 Å². The van der Waals surface area contributed by atoms with E-state index < -0.39 is 0 Å². The monoisotopic (exact) mass is 546 g/mol. The first-order valence-corrected chi connectivity index (χ1v) is 11.3. The normalized spacial score (nSPS) is 23.0. The van der Waals surface area contributed by atoms with Crippen LogP contribution in [-0.2, 0) is 9.53 Å². The van der Waals surface area contributed by atoms with Gasteiger partial charge in [0, 0.05) is 38.6 Å². The average molecular weight is 546 g/mol. The summed E-state index contributed by atoms with van der Waals surface area (Å²) in [7, 11) is 0. The van der Waals surface area contributed by atoms with Gasteiger partial charge < -0.3 is 19.9 Å². The summed E-state index contributed by atoms with van der Waals surface area (Å²) in [6, 6.07) is 6.80. The molecule has 1 amide bonds. The second kappa shape index (κ2) is 12.6. The molecule has 1 aromatic rings. The molecule has 31 heavy (non-hydrogen) atoms. The number of halogens is 2. The highest BCUT2D eigenvalue weighted by atomic mass is 127. The molecular weight excluding hydrogens is 510 g/mol. The number of ether oxygens (including phenoxy) is 1. The minimum atomic E-state index is -0.240. The van der Waals surface area contributed by atoms with Crippen molar-refractivity contribution in [1.29, 1.82) is 0 Å². The lowest BCUT2D eigenvalue weighted by molar-refractivity contribution is -0.129. The number of hydrogen-bond donors (Lipinski definition) is 1. The Hall–Kier alpha value is -1.42. The lowest BCUT2D eigenvalue weighted by Crippen LogP contribution is -2.50. The summed E-state index contributed by atoms with van der Waals surface area (Å²) in [6.07, 6.45) is 3.40. The van der Waals surface area contributed by atoms with Gasteiger partial charge in [-0.3, -0.25) is 9.79 Å². The molecule has 174 valence electrons. The van der Waals surface area contributed by atoms with Gasteiger partial charge in [-0.15, -0.1) is 24.0 Å². The van der Waals surface area contributed by atoms with E-state index in [4.69, 9.17) is 9.73 Å². The number of hydrogen-bond acceptors (Lipinski definition) is 3. The summed E-state index contributed by atoms with van der Waals surface area (Å²) >= 11 is 0. The lowest BCUT2D eigenvalue weighted by Gasteiger charge is -2.39. The number of likely N-dealkylation sites (tertiary alicyclic amines) is 1. The van der Waals surface area contributed by atoms with Crippen LogP contribution in [0.2, 0.25) is 0 Å². The van der Waals surface area contributed by atoms with Crippen LogP contribution in [-0.4, -0.2) is 66.5 Å². The molecule has 0 aliphatic carbocycles. The minimum Gasteiger partial charge on any atom is -0.367 e. The SMILES string of the molecule is CCNC(=NCCC(CC)N1CCCC1=O)N1CC(C)OC(c2ccc(F)cc2)C1.I. The molecular formula is C23H36FIN4O2. The van der Waals surface area contributed by atoms with Crippen molar-refractivity contribution in [1.82, 2.24) is 15.1 Å². The largest absolute Gasteiger partial charge is 0.367 e. The molecule has 2 fully saturated rings. The summed E-state index contributed by atoms with van der Waals surface area (Å²) in [6.45, 7) is 10.0. The van der Waals surface area contributed by atoms with E-state index in [0.717, 1.165) is 50.4 Å². The fraction of sp³-hybridized carbons (Fsp3) is 0.652. The first-order chi connectivity index (χ1) is 14.5. The third kappa shape index (κ3) is 7.03. The molecule has 3 rings (SSSR count). The van der Waals surface area contributed by atoms with Gasteiger partial charge in [0.15, 0.2) is 5.96 Å². The van der Waals surface area contributed by atoms with Crippen molar-refractivity contribution in [3.8, 4) is 0 Å². The van der Waals surface area contributed by atoms with E-state index in [1.807, 2.05) is 4.90 Å². The summed E-state index contributed by atoms with van der Waals surface area (Å²) in [5, 5.41) is 3.40. The molecule has 8 heteroatoms. The third-order valence-corrected chi connectivity index (χ3v) is 5.88. The topological polar surface area (TPSA) is 57.2 Å². The summed E-state index contributed by atoms with van der Waals surface area (Å²) < 4.78 is 19.4. The van der Waals surface area contributed by atoms with Crippen LogP contribution in [0.5, 0.6) is 0 Å². The van der Waals surface area contributed by atoms with Crippen molar-refractivity contribution in [2.75, 3.05) is 32.7 Å². The molecule has 2 aliphatic heterocycles. The molecule has 2 heterocycles. The second-order valence-corrected chi connectivity index (χ2v) is 8.17. The van der Waals surface area contributed by atoms with Crippen LogP contribution in [0.1, 0.15) is 58.1 Å². The maximum Gasteiger partial charge on any atom is 0.222 e. The van der Waals surface area contributed by atoms with Crippen LogP contribution in [0.4, 0.5) is 4.39 Å². The molecule has 0 aromatic heterocycles. The lowest BCUT2D eigenvalue weighted by atomic mass is 10.1. The Bertz CT molecular complexity index is 731. The Morgan fingerprint density at radius 2 is 2.03 bits per heavy atom. The predicted molar refractivity (Wildman–Crippen MR) is 132 cm³/mol. The zero-order valence-corrected chi connectivity index (χ0v) is 21.2. The van der Waals surface area contributed by atoms with Crippen LogP contribution >= 0.6 is 24.0 Å². The molecule has 3 atom stereocenters. The number of morpholine rings is 1. The van der Waals surface area contributed by atoms with Gasteiger partial charge in [0.05, 0.1) is 12.6 Å². The van der Waals surface area contributed by atoms with Crippen LogP contribution in [0.15, 0.2) is 29.3 Å². The summed E-state index contributed by atoms with van der Waals surface area (Å²) in [5.41, 5.74) is 0.974. The zero-order chi connectivity index (χ0) is 21.5. The molecule has 2 saturated heterocycles. The fourth-order valence-corrected chi connectivity index (χ4v) is 4.37. The Morgan fingerprint density at radius 3 is 2.65 bits per heavy atom. The maximum absolute atomic E-state index is 13.3. The number of rotatable bonds is 7. The van der Waals surface area contributed by atoms with E-state index in [2.05, 4.69) is 31.0 Å². The van der Waals surface area contributed by atoms with Crippen LogP contribution < -0.4 is 5.32 Å². The van der Waals surface area contributed by atoms with Gasteiger partial charge >= 0.3 is 0 Å². The molecule has 0 bridgehead atoms. The standard InChI is InChI=1S/C23H35FN4O2.HI/c1-4-20(28-14-6-7-22(28)29)12-13-26-23(25-5-2)27-15-17(3)30-21(16-27)18-8-10-19(24)11-9-18;/h8-11,17,20-21H,4-7,12-16H2,1-3H3,(H,25,26);1H. The molecule has 0 radical (unpaired) electrons. The summed E-state index contributed by atoms with van der Waals surface area (Å²) in [4.78, 5) is 21.2. The number of carbonyl (C=O) groups excluding carboxylic acids is 1. The molecule has 6 nitrogen and oxygen atoms in total. The number of nitrogens with zero attached hydrogens (tertiary/aromatic N) is 3. The van der Waals surface area contributed by atoms with Crippen LogP contribution in [0, 0.1) is 5.82 Å². The van der Waals surface area contributed by atoms with Crippen LogP contribution in [0.25, 0.3) is 0 Å². The van der Waals surface area contributed by atoms with Gasteiger partial charge in [-0.05, 0) is 50.8 Å². The van der Waals surface area contributed by atoms with E-state index in [0.29, 0.717) is 19.5 Å². The average Bonchev–Trinajstić information content (AvgIpc) is 3.16. The summed E-state index contributed by atoms with van der Waals surface area (Å²) in [5.74, 6) is 0.917. The molecule has 0 spiro atoms. The highest BCUT2D eigenvalue weighted by Gasteiger charge is 2.29. The molecule has 1 N–H and O–H groups in total. The number of benzene rings is 1. The van der Waals surface area contributed by atoms with Crippen molar-refractivity contribution in [2.24, 2.45) is 4.99 Å². The fourth-order valence-electron chi connectivity index (χ4n) is 4.37. The highest BCUT2D eigenvalue weighted by Crippen LogP contribution is 2.25. The van der Waals surface area contributed by atoms with E-state index in [1.165, 1.54) is 12.1 Å². The molecule has 3 unspecified atom stereocenters. The van der Waals surface area contributed by atoms with E-state index in [1.54, 1.807) is 12.1 Å². The van der Waals surface area contributed by atoms with Crippen molar-refractivity contribution >= 4 is 35.8 Å². The third-order valence-electron chi connectivity index (χ3n) is 5.88. The molecule has 2 aliphatic rings. The first-order valence-electron chi connectivity index (χ1n) is 11.3. The number of aliphatic imine (C=N–C) groups is 1. The predicted octanol–water partition coefficient (Wildman–Crippen LogP) is 3.96. The number of carbonyl (C=O) groups is 1. The van der Waals surface area contributed by atoms with Gasteiger partial charge in [-0.2, -0.15) is 0 Å². The smallest absolute Gasteiger partial charge is 0.222 e. The first kappa shape index (κ1) is 25.8. The van der Waals surface area contributed by atoms with Crippen LogP contribution in [0.3, 0.4) is 0 Å².